The van der Waals surface area contributed by atoms with Crippen LogP contribution in [0.4, 0.5) is 4.79 Å². The van der Waals surface area contributed by atoms with E-state index in [-0.39, 0.29) is 25.0 Å². The minimum Gasteiger partial charge on any atom is -0.481 e. The molecule has 0 radical (unpaired) electrons. The number of hydrogen-bond acceptors (Lipinski definition) is 4. The zero-order chi connectivity index (χ0) is 23.4. The lowest BCUT2D eigenvalue weighted by atomic mass is 9.98. The van der Waals surface area contributed by atoms with E-state index in [0.717, 1.165) is 35.1 Å². The maximum Gasteiger partial charge on any atom is 0.407 e. The molecule has 2 unspecified atom stereocenters. The van der Waals surface area contributed by atoms with Gasteiger partial charge >= 0.3 is 12.1 Å². The number of unbranched alkanes of at least 4 members (excludes halogenated alkanes) is 1. The Labute approximate surface area is 193 Å². The van der Waals surface area contributed by atoms with Crippen molar-refractivity contribution < 1.29 is 24.2 Å². The van der Waals surface area contributed by atoms with Crippen molar-refractivity contribution in [2.24, 2.45) is 5.92 Å². The summed E-state index contributed by atoms with van der Waals surface area (Å²) in [5.41, 5.74) is 4.56. The van der Waals surface area contributed by atoms with Gasteiger partial charge in [-0.2, -0.15) is 0 Å². The Morgan fingerprint density at radius 1 is 1.09 bits per heavy atom. The fraction of sp³-hybridized carbons (Fsp3) is 0.423. The van der Waals surface area contributed by atoms with Gasteiger partial charge in [-0.1, -0.05) is 68.3 Å². The molecule has 0 bridgehead atoms. The van der Waals surface area contributed by atoms with Gasteiger partial charge in [0.25, 0.3) is 0 Å². The van der Waals surface area contributed by atoms with Crippen LogP contribution in [-0.4, -0.2) is 53.7 Å². The van der Waals surface area contributed by atoms with E-state index in [9.17, 15) is 19.5 Å². The van der Waals surface area contributed by atoms with Gasteiger partial charge in [-0.25, -0.2) is 4.79 Å². The standard InChI is InChI=1S/C26H30N2O5/c1-2-3-12-23(24(29)28-14-13-17(15-28)25(30)31)27-26(32)33-16-22-20-10-6-4-8-18(20)19-9-5-7-11-21(19)22/h4-11,17,22-23H,2-3,12-16H2,1H3,(H,27,32)(H,30,31). The maximum absolute atomic E-state index is 13.0. The number of likely N-dealkylation sites (tertiary alicyclic amines) is 1. The number of fused-ring (bicyclic) bond motifs is 3. The molecule has 1 aliphatic heterocycles. The smallest absolute Gasteiger partial charge is 0.407 e. The molecule has 1 heterocycles. The highest BCUT2D eigenvalue weighted by Crippen LogP contribution is 2.44. The van der Waals surface area contributed by atoms with Crippen LogP contribution >= 0.6 is 0 Å². The summed E-state index contributed by atoms with van der Waals surface area (Å²) in [5.74, 6) is -1.72. The van der Waals surface area contributed by atoms with Gasteiger partial charge in [0, 0.05) is 19.0 Å². The molecule has 2 aromatic rings. The number of rotatable bonds is 8. The lowest BCUT2D eigenvalue weighted by Gasteiger charge is -2.24. The van der Waals surface area contributed by atoms with Crippen LogP contribution in [0.25, 0.3) is 11.1 Å². The highest BCUT2D eigenvalue weighted by Gasteiger charge is 2.35. The molecule has 2 aliphatic rings. The molecular weight excluding hydrogens is 420 g/mol. The first kappa shape index (κ1) is 22.8. The third kappa shape index (κ3) is 4.87. The number of nitrogens with zero attached hydrogens (tertiary/aromatic N) is 1. The number of nitrogens with one attached hydrogen (secondary N) is 1. The average molecular weight is 451 g/mol. The van der Waals surface area contributed by atoms with Gasteiger partial charge in [0.15, 0.2) is 0 Å². The molecule has 0 saturated carbocycles. The molecule has 174 valence electrons. The maximum atomic E-state index is 13.0. The number of carbonyl (C=O) groups excluding carboxylic acids is 2. The van der Waals surface area contributed by atoms with E-state index >= 15 is 0 Å². The largest absolute Gasteiger partial charge is 0.481 e. The first-order chi connectivity index (χ1) is 16.0. The molecule has 0 aromatic heterocycles. The average Bonchev–Trinajstić information content (AvgIpc) is 3.44. The van der Waals surface area contributed by atoms with Crippen molar-refractivity contribution in [1.82, 2.24) is 10.2 Å². The van der Waals surface area contributed by atoms with Crippen LogP contribution < -0.4 is 5.32 Å². The molecule has 1 aliphatic carbocycles. The summed E-state index contributed by atoms with van der Waals surface area (Å²) in [6, 6.07) is 15.5. The van der Waals surface area contributed by atoms with Crippen molar-refractivity contribution >= 4 is 18.0 Å². The summed E-state index contributed by atoms with van der Waals surface area (Å²) in [5, 5.41) is 12.0. The van der Waals surface area contributed by atoms with Crippen molar-refractivity contribution in [3.8, 4) is 11.1 Å². The fourth-order valence-corrected chi connectivity index (χ4v) is 4.83. The van der Waals surface area contributed by atoms with Gasteiger partial charge in [-0.3, -0.25) is 9.59 Å². The van der Waals surface area contributed by atoms with Gasteiger partial charge in [0.05, 0.1) is 5.92 Å². The Morgan fingerprint density at radius 3 is 2.30 bits per heavy atom. The summed E-state index contributed by atoms with van der Waals surface area (Å²) >= 11 is 0. The summed E-state index contributed by atoms with van der Waals surface area (Å²) in [7, 11) is 0. The van der Waals surface area contributed by atoms with Gasteiger partial charge in [-0.15, -0.1) is 0 Å². The number of carbonyl (C=O) groups is 3. The number of carboxylic acids is 1. The molecule has 2 aromatic carbocycles. The number of aliphatic carboxylic acids is 1. The zero-order valence-corrected chi connectivity index (χ0v) is 18.8. The molecule has 2 amide bonds. The molecule has 7 nitrogen and oxygen atoms in total. The monoisotopic (exact) mass is 450 g/mol. The second-order valence-electron chi connectivity index (χ2n) is 8.77. The lowest BCUT2D eigenvalue weighted by Crippen LogP contribution is -2.48. The highest BCUT2D eigenvalue weighted by atomic mass is 16.5. The van der Waals surface area contributed by atoms with Crippen molar-refractivity contribution in [1.29, 1.82) is 0 Å². The molecule has 2 atom stereocenters. The highest BCUT2D eigenvalue weighted by molar-refractivity contribution is 5.86. The first-order valence-corrected chi connectivity index (χ1v) is 11.6. The second kappa shape index (κ2) is 10.1. The van der Waals surface area contributed by atoms with E-state index in [1.54, 1.807) is 4.90 Å². The SMILES string of the molecule is CCCCC(NC(=O)OCC1c2ccccc2-c2ccccc21)C(=O)N1CCC(C(=O)O)C1. The minimum absolute atomic E-state index is 0.0529. The number of ether oxygens (including phenoxy) is 1. The van der Waals surface area contributed by atoms with Crippen molar-refractivity contribution in [2.45, 2.75) is 44.6 Å². The van der Waals surface area contributed by atoms with Gasteiger partial charge < -0.3 is 20.1 Å². The predicted octanol–water partition coefficient (Wildman–Crippen LogP) is 4.02. The Balaban J connectivity index is 1.40. The van der Waals surface area contributed by atoms with Crippen LogP contribution in [0.3, 0.4) is 0 Å². The van der Waals surface area contributed by atoms with Gasteiger partial charge in [-0.05, 0) is 35.1 Å². The summed E-state index contributed by atoms with van der Waals surface area (Å²) in [4.78, 5) is 38.5. The molecule has 1 fully saturated rings. The van der Waals surface area contributed by atoms with Crippen LogP contribution in [0.2, 0.25) is 0 Å². The van der Waals surface area contributed by atoms with Gasteiger partial charge in [0.1, 0.15) is 12.6 Å². The third-order valence-electron chi connectivity index (χ3n) is 6.63. The predicted molar refractivity (Wildman–Crippen MR) is 124 cm³/mol. The van der Waals surface area contributed by atoms with E-state index in [4.69, 9.17) is 4.74 Å². The second-order valence-corrected chi connectivity index (χ2v) is 8.77. The number of hydrogen-bond donors (Lipinski definition) is 2. The number of benzene rings is 2. The third-order valence-corrected chi connectivity index (χ3v) is 6.63. The normalized spacial score (nSPS) is 17.8. The van der Waals surface area contributed by atoms with E-state index in [2.05, 4.69) is 29.6 Å². The number of carboxylic acid groups (broad SMARTS) is 1. The Kier molecular flexibility index (Phi) is 6.96. The van der Waals surface area contributed by atoms with Crippen LogP contribution in [0.15, 0.2) is 48.5 Å². The lowest BCUT2D eigenvalue weighted by molar-refractivity contribution is -0.141. The van der Waals surface area contributed by atoms with E-state index in [0.29, 0.717) is 19.4 Å². The van der Waals surface area contributed by atoms with E-state index in [1.165, 1.54) is 0 Å². The fourth-order valence-electron chi connectivity index (χ4n) is 4.83. The Morgan fingerprint density at radius 2 is 1.73 bits per heavy atom. The van der Waals surface area contributed by atoms with E-state index < -0.39 is 24.0 Å². The summed E-state index contributed by atoms with van der Waals surface area (Å²) < 4.78 is 5.61. The van der Waals surface area contributed by atoms with Crippen LogP contribution in [0.5, 0.6) is 0 Å². The number of amides is 2. The topological polar surface area (TPSA) is 95.9 Å². The van der Waals surface area contributed by atoms with Crippen molar-refractivity contribution in [3.63, 3.8) is 0 Å². The van der Waals surface area contributed by atoms with Crippen LogP contribution in [-0.2, 0) is 14.3 Å². The molecule has 0 spiro atoms. The van der Waals surface area contributed by atoms with E-state index in [1.807, 2.05) is 31.2 Å². The molecule has 4 rings (SSSR count). The van der Waals surface area contributed by atoms with Crippen molar-refractivity contribution in [2.75, 3.05) is 19.7 Å². The molecular formula is C26H30N2O5. The van der Waals surface area contributed by atoms with Crippen molar-refractivity contribution in [3.05, 3.63) is 59.7 Å². The summed E-state index contributed by atoms with van der Waals surface area (Å²) in [6.07, 6.45) is 1.96. The molecule has 7 heteroatoms. The van der Waals surface area contributed by atoms with Crippen LogP contribution in [0, 0.1) is 5.92 Å². The minimum atomic E-state index is -0.889. The Bertz CT molecular complexity index is 991. The zero-order valence-electron chi connectivity index (χ0n) is 18.8. The summed E-state index contributed by atoms with van der Waals surface area (Å²) in [6.45, 7) is 2.78. The quantitative estimate of drug-likeness (QED) is 0.633. The molecule has 33 heavy (non-hydrogen) atoms. The molecule has 2 N–H and O–H groups in total. The first-order valence-electron chi connectivity index (χ1n) is 11.6. The Hall–Kier alpha value is -3.35. The number of alkyl carbamates (subject to hydrolysis) is 1. The van der Waals surface area contributed by atoms with Gasteiger partial charge in [0.2, 0.25) is 5.91 Å². The van der Waals surface area contributed by atoms with Crippen LogP contribution in [0.1, 0.15) is 49.7 Å². The molecule has 1 saturated heterocycles.